The van der Waals surface area contributed by atoms with Crippen molar-refractivity contribution < 1.29 is 19.1 Å². The zero-order valence-electron chi connectivity index (χ0n) is 17.4. The second-order valence-electron chi connectivity index (χ2n) is 7.51. The Morgan fingerprint density at radius 2 is 1.93 bits per heavy atom. The summed E-state index contributed by atoms with van der Waals surface area (Å²) in [6.07, 6.45) is 4.63. The number of nitrogens with zero attached hydrogens (tertiary/aromatic N) is 2. The number of likely N-dealkylation sites (N-methyl/N-ethyl adjacent to an activating group) is 1. The molecule has 2 amide bonds. The maximum atomic E-state index is 12.6. The molecule has 2 rings (SSSR count). The van der Waals surface area contributed by atoms with Crippen LogP contribution in [0.25, 0.3) is 0 Å². The molecule has 1 atom stereocenters. The molecule has 0 aliphatic carbocycles. The molecule has 1 unspecified atom stereocenters. The summed E-state index contributed by atoms with van der Waals surface area (Å²) in [5, 5.41) is 0. The van der Waals surface area contributed by atoms with Crippen molar-refractivity contribution in [2.24, 2.45) is 5.92 Å². The molecular weight excluding hydrogens is 436 g/mol. The number of unbranched alkanes of at least 4 members (excludes halogenated alkanes) is 1. The summed E-state index contributed by atoms with van der Waals surface area (Å²) in [6, 6.07) is 8.21. The first-order valence-electron chi connectivity index (χ1n) is 10.3. The smallest absolute Gasteiger partial charge is 0.310 e. The van der Waals surface area contributed by atoms with Gasteiger partial charge < -0.3 is 14.5 Å². The van der Waals surface area contributed by atoms with Crippen molar-refractivity contribution in [3.63, 3.8) is 0 Å². The Hall–Kier alpha value is -1.89. The number of hydrogen-bond acceptors (Lipinski definition) is 4. The van der Waals surface area contributed by atoms with Gasteiger partial charge in [-0.3, -0.25) is 14.4 Å². The number of benzene rings is 1. The standard InChI is InChI=1S/C22H31BrN2O4/c1-3-29-22(28)18-8-6-14-25(15-18)21(27)16-24(2)20(26)9-5-4-7-17-10-12-19(23)13-11-17/h10-13,18H,3-9,14-16H2,1-2H3. The number of esters is 1. The average molecular weight is 467 g/mol. The number of carbonyl (C=O) groups excluding carboxylic acids is 3. The van der Waals surface area contributed by atoms with Gasteiger partial charge in [-0.2, -0.15) is 0 Å². The predicted octanol–water partition coefficient (Wildman–Crippen LogP) is 3.42. The number of aryl methyl sites for hydroxylation is 1. The van der Waals surface area contributed by atoms with Gasteiger partial charge >= 0.3 is 5.97 Å². The molecule has 1 aromatic rings. The molecule has 1 aliphatic rings. The maximum Gasteiger partial charge on any atom is 0.310 e. The lowest BCUT2D eigenvalue weighted by Crippen LogP contribution is -2.47. The van der Waals surface area contributed by atoms with E-state index < -0.39 is 0 Å². The fourth-order valence-corrected chi connectivity index (χ4v) is 3.76. The van der Waals surface area contributed by atoms with Crippen LogP contribution >= 0.6 is 15.9 Å². The van der Waals surface area contributed by atoms with Crippen LogP contribution in [0.5, 0.6) is 0 Å². The van der Waals surface area contributed by atoms with Gasteiger partial charge in [0.05, 0.1) is 19.1 Å². The summed E-state index contributed by atoms with van der Waals surface area (Å²) < 4.78 is 6.14. The van der Waals surface area contributed by atoms with E-state index in [2.05, 4.69) is 28.1 Å². The fraction of sp³-hybridized carbons (Fsp3) is 0.591. The minimum atomic E-state index is -0.257. The Balaban J connectivity index is 1.70. The first kappa shape index (κ1) is 23.4. The van der Waals surface area contributed by atoms with E-state index in [0.29, 0.717) is 26.1 Å². The average Bonchev–Trinajstić information content (AvgIpc) is 2.72. The molecule has 0 saturated carbocycles. The lowest BCUT2D eigenvalue weighted by molar-refractivity contribution is -0.152. The van der Waals surface area contributed by atoms with E-state index in [-0.39, 0.29) is 30.2 Å². The molecule has 1 fully saturated rings. The molecular formula is C22H31BrN2O4. The molecule has 0 aromatic heterocycles. The van der Waals surface area contributed by atoms with E-state index in [0.717, 1.165) is 36.6 Å². The third kappa shape index (κ3) is 7.80. The number of halogens is 1. The topological polar surface area (TPSA) is 66.9 Å². The Morgan fingerprint density at radius 1 is 1.21 bits per heavy atom. The zero-order chi connectivity index (χ0) is 21.2. The summed E-state index contributed by atoms with van der Waals surface area (Å²) in [7, 11) is 1.67. The second kappa shape index (κ2) is 12.0. The number of carbonyl (C=O) groups is 3. The quantitative estimate of drug-likeness (QED) is 0.413. The van der Waals surface area contributed by atoms with Crippen LogP contribution in [0.2, 0.25) is 0 Å². The number of likely N-dealkylation sites (tertiary alicyclic amines) is 1. The first-order chi connectivity index (χ1) is 13.9. The van der Waals surface area contributed by atoms with Gasteiger partial charge in [-0.25, -0.2) is 0 Å². The SMILES string of the molecule is CCOC(=O)C1CCCN(C(=O)CN(C)C(=O)CCCCc2ccc(Br)cc2)C1. The molecule has 1 aliphatic heterocycles. The van der Waals surface area contributed by atoms with Crippen molar-refractivity contribution in [2.75, 3.05) is 33.3 Å². The number of piperidine rings is 1. The predicted molar refractivity (Wildman–Crippen MR) is 115 cm³/mol. The Bertz CT molecular complexity index is 693. The third-order valence-electron chi connectivity index (χ3n) is 5.21. The van der Waals surface area contributed by atoms with Crippen molar-refractivity contribution in [1.82, 2.24) is 9.80 Å². The van der Waals surface area contributed by atoms with E-state index in [9.17, 15) is 14.4 Å². The number of hydrogen-bond donors (Lipinski definition) is 0. The molecule has 1 saturated heterocycles. The molecule has 1 heterocycles. The van der Waals surface area contributed by atoms with Crippen LogP contribution < -0.4 is 0 Å². The minimum Gasteiger partial charge on any atom is -0.466 e. The molecule has 0 N–H and O–H groups in total. The molecule has 0 spiro atoms. The number of ether oxygens (including phenoxy) is 1. The van der Waals surface area contributed by atoms with Crippen LogP contribution in [0.4, 0.5) is 0 Å². The molecule has 0 radical (unpaired) electrons. The van der Waals surface area contributed by atoms with Crippen molar-refractivity contribution in [3.05, 3.63) is 34.3 Å². The lowest BCUT2D eigenvalue weighted by atomic mass is 9.98. The van der Waals surface area contributed by atoms with Crippen LogP contribution in [-0.4, -0.2) is 60.9 Å². The highest BCUT2D eigenvalue weighted by molar-refractivity contribution is 9.10. The highest BCUT2D eigenvalue weighted by atomic mass is 79.9. The highest BCUT2D eigenvalue weighted by Gasteiger charge is 2.30. The summed E-state index contributed by atoms with van der Waals surface area (Å²) in [5.41, 5.74) is 1.26. The fourth-order valence-electron chi connectivity index (χ4n) is 3.49. The maximum absolute atomic E-state index is 12.6. The molecule has 6 nitrogen and oxygen atoms in total. The van der Waals surface area contributed by atoms with Crippen molar-refractivity contribution in [2.45, 2.75) is 45.4 Å². The first-order valence-corrected chi connectivity index (χ1v) is 11.1. The van der Waals surface area contributed by atoms with E-state index in [4.69, 9.17) is 4.74 Å². The monoisotopic (exact) mass is 466 g/mol. The van der Waals surface area contributed by atoms with Crippen LogP contribution in [0, 0.1) is 5.92 Å². The van der Waals surface area contributed by atoms with Gasteiger partial charge in [-0.15, -0.1) is 0 Å². The summed E-state index contributed by atoms with van der Waals surface area (Å²) in [5.74, 6) is -0.620. The van der Waals surface area contributed by atoms with Crippen molar-refractivity contribution >= 4 is 33.7 Å². The molecule has 1 aromatic carbocycles. The highest BCUT2D eigenvalue weighted by Crippen LogP contribution is 2.18. The van der Waals surface area contributed by atoms with Gasteiger partial charge in [-0.1, -0.05) is 28.1 Å². The molecule has 7 heteroatoms. The van der Waals surface area contributed by atoms with Gasteiger partial charge in [0.2, 0.25) is 11.8 Å². The molecule has 29 heavy (non-hydrogen) atoms. The minimum absolute atomic E-state index is 0.0203. The van der Waals surface area contributed by atoms with Gasteiger partial charge in [0.15, 0.2) is 0 Å². The van der Waals surface area contributed by atoms with E-state index in [1.165, 1.54) is 10.5 Å². The van der Waals surface area contributed by atoms with Gasteiger partial charge in [-0.05, 0) is 56.7 Å². The van der Waals surface area contributed by atoms with Crippen LogP contribution in [0.3, 0.4) is 0 Å². The van der Waals surface area contributed by atoms with E-state index >= 15 is 0 Å². The lowest BCUT2D eigenvalue weighted by Gasteiger charge is -2.32. The second-order valence-corrected chi connectivity index (χ2v) is 8.43. The van der Waals surface area contributed by atoms with Crippen LogP contribution in [0.15, 0.2) is 28.7 Å². The number of rotatable bonds is 9. The van der Waals surface area contributed by atoms with Crippen LogP contribution in [0.1, 0.15) is 44.6 Å². The van der Waals surface area contributed by atoms with Crippen molar-refractivity contribution in [1.29, 1.82) is 0 Å². The summed E-state index contributed by atoms with van der Waals surface area (Å²) >= 11 is 3.42. The summed E-state index contributed by atoms with van der Waals surface area (Å²) in [6.45, 7) is 3.20. The summed E-state index contributed by atoms with van der Waals surface area (Å²) in [4.78, 5) is 40.0. The van der Waals surface area contributed by atoms with E-state index in [1.807, 2.05) is 12.1 Å². The third-order valence-corrected chi connectivity index (χ3v) is 5.74. The Labute approximate surface area is 181 Å². The van der Waals surface area contributed by atoms with E-state index in [1.54, 1.807) is 18.9 Å². The molecule has 160 valence electrons. The van der Waals surface area contributed by atoms with Crippen molar-refractivity contribution in [3.8, 4) is 0 Å². The van der Waals surface area contributed by atoms with Crippen LogP contribution in [-0.2, 0) is 25.5 Å². The Morgan fingerprint density at radius 3 is 2.62 bits per heavy atom. The normalized spacial score (nSPS) is 16.4. The van der Waals surface area contributed by atoms with Gasteiger partial charge in [0.1, 0.15) is 0 Å². The largest absolute Gasteiger partial charge is 0.466 e. The van der Waals surface area contributed by atoms with Gasteiger partial charge in [0, 0.05) is 31.0 Å². The number of amides is 2. The molecule has 0 bridgehead atoms. The zero-order valence-corrected chi connectivity index (χ0v) is 18.9. The Kier molecular flexibility index (Phi) is 9.64. The van der Waals surface area contributed by atoms with Gasteiger partial charge in [0.25, 0.3) is 0 Å².